The first-order valence-electron chi connectivity index (χ1n) is 8.03. The first-order valence-corrected chi connectivity index (χ1v) is 8.03. The summed E-state index contributed by atoms with van der Waals surface area (Å²) in [7, 11) is 0. The number of carbonyl (C=O) groups excluding carboxylic acids is 1. The molecule has 0 radical (unpaired) electrons. The second-order valence-corrected chi connectivity index (χ2v) is 6.15. The van der Waals surface area contributed by atoms with E-state index in [0.717, 1.165) is 18.4 Å². The van der Waals surface area contributed by atoms with Crippen LogP contribution < -0.4 is 5.49 Å². The molecule has 0 atom stereocenters. The second kappa shape index (κ2) is 6.30. The van der Waals surface area contributed by atoms with Crippen LogP contribution in [-0.2, 0) is 12.8 Å². The molecule has 3 nitrogen and oxygen atoms in total. The van der Waals surface area contributed by atoms with Gasteiger partial charge in [0.25, 0.3) is 5.91 Å². The Morgan fingerprint density at radius 2 is 1.86 bits per heavy atom. The van der Waals surface area contributed by atoms with Crippen molar-refractivity contribution < 1.29 is 4.79 Å². The van der Waals surface area contributed by atoms with Crippen LogP contribution in [-0.4, -0.2) is 16.5 Å². The molecule has 0 N–H and O–H groups in total. The van der Waals surface area contributed by atoms with Crippen LogP contribution in [0, 0.1) is 0 Å². The molecule has 114 valence electrons. The lowest BCUT2D eigenvalue weighted by Crippen LogP contribution is -2.28. The summed E-state index contributed by atoms with van der Waals surface area (Å²) in [5, 5.41) is 0. The molecule has 1 aromatic carbocycles. The molecule has 0 bridgehead atoms. The average molecular weight is 294 g/mol. The predicted octanol–water partition coefficient (Wildman–Crippen LogP) is 3.36. The Bertz CT molecular complexity index is 756. The first-order chi connectivity index (χ1) is 10.6. The number of hydrogen-bond acceptors (Lipinski definition) is 2. The third-order valence-corrected chi connectivity index (χ3v) is 4.04. The number of benzene rings is 1. The monoisotopic (exact) mass is 294 g/mol. The number of nitrogens with zero attached hydrogens (tertiary/aromatic N) is 2. The van der Waals surface area contributed by atoms with Gasteiger partial charge in [-0.1, -0.05) is 12.1 Å². The van der Waals surface area contributed by atoms with Crippen molar-refractivity contribution in [2.75, 3.05) is 0 Å². The van der Waals surface area contributed by atoms with Gasteiger partial charge in [-0.25, -0.2) is 0 Å². The number of pyridine rings is 1. The van der Waals surface area contributed by atoms with Crippen molar-refractivity contribution in [3.63, 3.8) is 0 Å². The topological polar surface area (TPSA) is 34.4 Å². The number of aromatic nitrogens is 1. The summed E-state index contributed by atoms with van der Waals surface area (Å²) in [5.41, 5.74) is 4.18. The van der Waals surface area contributed by atoms with Gasteiger partial charge in [0, 0.05) is 17.8 Å². The maximum Gasteiger partial charge on any atom is 0.263 e. The van der Waals surface area contributed by atoms with Crippen LogP contribution in [0.5, 0.6) is 0 Å². The van der Waals surface area contributed by atoms with E-state index in [4.69, 9.17) is 0 Å². The molecule has 0 amide bonds. The van der Waals surface area contributed by atoms with Crippen LogP contribution in [0.3, 0.4) is 0 Å². The van der Waals surface area contributed by atoms with Gasteiger partial charge in [-0.2, -0.15) is 0 Å². The second-order valence-electron chi connectivity index (χ2n) is 6.15. The van der Waals surface area contributed by atoms with Crippen molar-refractivity contribution in [3.05, 3.63) is 64.8 Å². The molecule has 1 heterocycles. The highest BCUT2D eigenvalue weighted by atomic mass is 16.2. The van der Waals surface area contributed by atoms with Gasteiger partial charge in [0.05, 0.1) is 0 Å². The van der Waals surface area contributed by atoms with Crippen LogP contribution in [0.15, 0.2) is 47.6 Å². The Balaban J connectivity index is 2.02. The smallest absolute Gasteiger partial charge is 0.263 e. The quantitative estimate of drug-likeness (QED) is 0.836. The third-order valence-electron chi connectivity index (χ3n) is 4.04. The highest BCUT2D eigenvalue weighted by Crippen LogP contribution is 2.22. The summed E-state index contributed by atoms with van der Waals surface area (Å²) >= 11 is 0. The van der Waals surface area contributed by atoms with Gasteiger partial charge in [0.15, 0.2) is 0 Å². The van der Waals surface area contributed by atoms with Gasteiger partial charge >= 0.3 is 0 Å². The number of fused-ring (bicyclic) bond motifs is 1. The summed E-state index contributed by atoms with van der Waals surface area (Å²) in [4.78, 5) is 17.4. The SMILES string of the molecule is CC(C)N=c1ccccn1C(=O)c1ccc2c(c1)CCCC2. The Hall–Kier alpha value is -2.16. The van der Waals surface area contributed by atoms with E-state index in [1.165, 1.54) is 24.0 Å². The molecule has 0 spiro atoms. The molecule has 0 fully saturated rings. The van der Waals surface area contributed by atoms with E-state index in [-0.39, 0.29) is 11.9 Å². The molecular formula is C19H22N2O. The summed E-state index contributed by atoms with van der Waals surface area (Å²) in [6, 6.07) is 12.0. The van der Waals surface area contributed by atoms with E-state index >= 15 is 0 Å². The lowest BCUT2D eigenvalue weighted by Gasteiger charge is -2.16. The van der Waals surface area contributed by atoms with E-state index in [1.807, 2.05) is 38.1 Å². The van der Waals surface area contributed by atoms with Crippen molar-refractivity contribution in [2.45, 2.75) is 45.6 Å². The van der Waals surface area contributed by atoms with E-state index in [0.29, 0.717) is 5.49 Å². The Morgan fingerprint density at radius 1 is 1.09 bits per heavy atom. The van der Waals surface area contributed by atoms with E-state index in [9.17, 15) is 4.79 Å². The Kier molecular flexibility index (Phi) is 4.23. The summed E-state index contributed by atoms with van der Waals surface area (Å²) in [6.07, 6.45) is 6.49. The Morgan fingerprint density at radius 3 is 2.64 bits per heavy atom. The van der Waals surface area contributed by atoms with Crippen molar-refractivity contribution >= 4 is 5.91 Å². The largest absolute Gasteiger partial charge is 0.268 e. The van der Waals surface area contributed by atoms with Gasteiger partial charge < -0.3 is 0 Å². The number of rotatable bonds is 2. The number of hydrogen-bond donors (Lipinski definition) is 0. The van der Waals surface area contributed by atoms with Crippen LogP contribution in [0.25, 0.3) is 0 Å². The number of carbonyl (C=O) groups is 1. The molecule has 3 heteroatoms. The predicted molar refractivity (Wildman–Crippen MR) is 87.9 cm³/mol. The highest BCUT2D eigenvalue weighted by molar-refractivity contribution is 5.96. The van der Waals surface area contributed by atoms with Gasteiger partial charge in [-0.15, -0.1) is 0 Å². The lowest BCUT2D eigenvalue weighted by atomic mass is 9.90. The zero-order chi connectivity index (χ0) is 15.5. The zero-order valence-corrected chi connectivity index (χ0v) is 13.2. The molecule has 0 saturated heterocycles. The molecule has 2 aromatic rings. The van der Waals surface area contributed by atoms with Crippen molar-refractivity contribution in [3.8, 4) is 0 Å². The van der Waals surface area contributed by atoms with Gasteiger partial charge in [-0.05, 0) is 74.9 Å². The molecule has 3 rings (SSSR count). The molecule has 0 unspecified atom stereocenters. The van der Waals surface area contributed by atoms with Crippen molar-refractivity contribution in [1.82, 2.24) is 4.57 Å². The van der Waals surface area contributed by atoms with Crippen LogP contribution in [0.1, 0.15) is 48.2 Å². The zero-order valence-electron chi connectivity index (χ0n) is 13.2. The lowest BCUT2D eigenvalue weighted by molar-refractivity contribution is 0.0954. The molecule has 1 aliphatic rings. The fourth-order valence-electron chi connectivity index (χ4n) is 2.98. The summed E-state index contributed by atoms with van der Waals surface area (Å²) < 4.78 is 1.64. The minimum Gasteiger partial charge on any atom is -0.268 e. The number of aryl methyl sites for hydroxylation is 2. The maximum absolute atomic E-state index is 12.8. The van der Waals surface area contributed by atoms with Gasteiger partial charge in [0.2, 0.25) is 0 Å². The van der Waals surface area contributed by atoms with Gasteiger partial charge in [-0.3, -0.25) is 14.4 Å². The van der Waals surface area contributed by atoms with Crippen molar-refractivity contribution in [2.24, 2.45) is 4.99 Å². The molecule has 22 heavy (non-hydrogen) atoms. The molecule has 1 aliphatic carbocycles. The third kappa shape index (κ3) is 3.03. The maximum atomic E-state index is 12.8. The normalized spacial score (nSPS) is 15.0. The highest BCUT2D eigenvalue weighted by Gasteiger charge is 2.14. The van der Waals surface area contributed by atoms with Crippen LogP contribution in [0.2, 0.25) is 0 Å². The van der Waals surface area contributed by atoms with E-state index in [2.05, 4.69) is 17.1 Å². The van der Waals surface area contributed by atoms with Crippen molar-refractivity contribution in [1.29, 1.82) is 0 Å². The molecular weight excluding hydrogens is 272 g/mol. The van der Waals surface area contributed by atoms with Crippen LogP contribution in [0.4, 0.5) is 0 Å². The fraction of sp³-hybridized carbons (Fsp3) is 0.368. The standard InChI is InChI=1S/C19H22N2O/c1-14(2)20-18-9-5-6-12-21(18)19(22)17-11-10-15-7-3-4-8-16(15)13-17/h5-6,9-14H,3-4,7-8H2,1-2H3. The van der Waals surface area contributed by atoms with E-state index in [1.54, 1.807) is 10.8 Å². The van der Waals surface area contributed by atoms with Gasteiger partial charge in [0.1, 0.15) is 5.49 Å². The summed E-state index contributed by atoms with van der Waals surface area (Å²) in [5.74, 6) is -0.00614. The molecule has 0 saturated carbocycles. The van der Waals surface area contributed by atoms with Crippen LogP contribution >= 0.6 is 0 Å². The molecule has 1 aromatic heterocycles. The van der Waals surface area contributed by atoms with E-state index < -0.39 is 0 Å². The Labute approximate surface area is 131 Å². The fourth-order valence-corrected chi connectivity index (χ4v) is 2.98. The average Bonchev–Trinajstić information content (AvgIpc) is 2.54. The molecule has 0 aliphatic heterocycles. The first kappa shape index (κ1) is 14.8. The minimum absolute atomic E-state index is 0.00614. The summed E-state index contributed by atoms with van der Waals surface area (Å²) in [6.45, 7) is 4.03. The minimum atomic E-state index is -0.00614.